The van der Waals surface area contributed by atoms with Gasteiger partial charge in [-0.05, 0) is 36.4 Å². The van der Waals surface area contributed by atoms with E-state index in [2.05, 4.69) is 4.98 Å². The number of phenolic OH excluding ortho intramolecular Hbond substituents is 2. The third-order valence-electron chi connectivity index (χ3n) is 4.09. The van der Waals surface area contributed by atoms with E-state index in [0.29, 0.717) is 17.6 Å². The number of hydrogen-bond donors (Lipinski definition) is 4. The van der Waals surface area contributed by atoms with Crippen molar-refractivity contribution in [1.82, 2.24) is 4.98 Å². The van der Waals surface area contributed by atoms with Crippen LogP contribution in [-0.2, 0) is 6.42 Å². The summed E-state index contributed by atoms with van der Waals surface area (Å²) in [6.07, 6.45) is 0.317. The number of furan rings is 1. The van der Waals surface area contributed by atoms with Crippen molar-refractivity contribution in [2.45, 2.75) is 6.42 Å². The Morgan fingerprint density at radius 1 is 1.04 bits per heavy atom. The molecule has 24 heavy (non-hydrogen) atoms. The van der Waals surface area contributed by atoms with Crippen LogP contribution in [0.25, 0.3) is 21.9 Å². The Labute approximate surface area is 136 Å². The van der Waals surface area contributed by atoms with E-state index in [9.17, 15) is 15.3 Å². The van der Waals surface area contributed by atoms with Gasteiger partial charge < -0.3 is 29.5 Å². The largest absolute Gasteiger partial charge is 0.504 e. The maximum absolute atomic E-state index is 10.3. The predicted octanol–water partition coefficient (Wildman–Crippen LogP) is 3.63. The van der Waals surface area contributed by atoms with Gasteiger partial charge in [-0.15, -0.1) is 0 Å². The summed E-state index contributed by atoms with van der Waals surface area (Å²) in [7, 11) is 1.61. The standard InChI is InChI=1S/C18H15NO5/c1-23-11-2-4-13-9(7-11)6-10(19-13)8-15-16(21)12-3-5-14(20)17(22)18(12)24-15/h2-7,19-22H,8H2,1H3. The average Bonchev–Trinajstić information content (AvgIpc) is 3.12. The number of phenols is 2. The van der Waals surface area contributed by atoms with Gasteiger partial charge in [0.05, 0.1) is 12.5 Å². The molecule has 0 aliphatic rings. The minimum atomic E-state index is -0.379. The number of aromatic amines is 1. The number of hydrogen-bond acceptors (Lipinski definition) is 5. The van der Waals surface area contributed by atoms with Crippen LogP contribution in [0.1, 0.15) is 11.5 Å². The number of fused-ring (bicyclic) bond motifs is 2. The first kappa shape index (κ1) is 14.3. The van der Waals surface area contributed by atoms with E-state index in [-0.39, 0.29) is 22.8 Å². The Morgan fingerprint density at radius 2 is 1.88 bits per heavy atom. The van der Waals surface area contributed by atoms with Gasteiger partial charge in [0.1, 0.15) is 5.75 Å². The number of H-pyrrole nitrogens is 1. The summed E-state index contributed by atoms with van der Waals surface area (Å²) in [5, 5.41) is 31.0. The smallest absolute Gasteiger partial charge is 0.201 e. The fourth-order valence-electron chi connectivity index (χ4n) is 2.86. The molecule has 2 aromatic heterocycles. The van der Waals surface area contributed by atoms with E-state index in [4.69, 9.17) is 9.15 Å². The molecule has 0 spiro atoms. The average molecular weight is 325 g/mol. The normalized spacial score (nSPS) is 11.4. The quantitative estimate of drug-likeness (QED) is 0.431. The maximum atomic E-state index is 10.3. The fourth-order valence-corrected chi connectivity index (χ4v) is 2.86. The first-order valence-corrected chi connectivity index (χ1v) is 7.37. The molecule has 0 radical (unpaired) electrons. The summed E-state index contributed by atoms with van der Waals surface area (Å²) in [5.41, 5.74) is 1.86. The van der Waals surface area contributed by atoms with E-state index in [1.165, 1.54) is 12.1 Å². The molecule has 4 aromatic rings. The van der Waals surface area contributed by atoms with Crippen LogP contribution in [0, 0.1) is 0 Å². The van der Waals surface area contributed by atoms with Crippen LogP contribution >= 0.6 is 0 Å². The Balaban J connectivity index is 1.76. The number of rotatable bonds is 3. The summed E-state index contributed by atoms with van der Waals surface area (Å²) in [6.45, 7) is 0. The van der Waals surface area contributed by atoms with Crippen molar-refractivity contribution in [2.75, 3.05) is 7.11 Å². The fraction of sp³-hybridized carbons (Fsp3) is 0.111. The third kappa shape index (κ3) is 2.11. The van der Waals surface area contributed by atoms with Gasteiger partial charge in [-0.25, -0.2) is 0 Å². The lowest BCUT2D eigenvalue weighted by Crippen LogP contribution is -1.85. The van der Waals surface area contributed by atoms with Crippen molar-refractivity contribution in [3.8, 4) is 23.0 Å². The molecule has 122 valence electrons. The van der Waals surface area contributed by atoms with Gasteiger partial charge in [-0.3, -0.25) is 0 Å². The zero-order chi connectivity index (χ0) is 16.8. The maximum Gasteiger partial charge on any atom is 0.201 e. The summed E-state index contributed by atoms with van der Waals surface area (Å²) in [5.74, 6) is 0.358. The Hall–Kier alpha value is -3.28. The summed E-state index contributed by atoms with van der Waals surface area (Å²) >= 11 is 0. The van der Waals surface area contributed by atoms with Crippen molar-refractivity contribution in [3.63, 3.8) is 0 Å². The Kier molecular flexibility index (Phi) is 3.06. The van der Waals surface area contributed by atoms with Gasteiger partial charge >= 0.3 is 0 Å². The Morgan fingerprint density at radius 3 is 2.67 bits per heavy atom. The molecule has 0 fully saturated rings. The topological polar surface area (TPSA) is 98.9 Å². The van der Waals surface area contributed by atoms with E-state index in [1.54, 1.807) is 7.11 Å². The van der Waals surface area contributed by atoms with Crippen LogP contribution in [0.4, 0.5) is 0 Å². The highest BCUT2D eigenvalue weighted by molar-refractivity contribution is 5.91. The lowest BCUT2D eigenvalue weighted by atomic mass is 10.1. The molecule has 0 saturated carbocycles. The van der Waals surface area contributed by atoms with E-state index in [0.717, 1.165) is 22.3 Å². The third-order valence-corrected chi connectivity index (χ3v) is 4.09. The number of methoxy groups -OCH3 is 1. The van der Waals surface area contributed by atoms with Crippen molar-refractivity contribution in [1.29, 1.82) is 0 Å². The molecule has 0 aliphatic carbocycles. The van der Waals surface area contributed by atoms with Crippen LogP contribution in [0.15, 0.2) is 40.8 Å². The molecule has 0 saturated heterocycles. The second-order valence-electron chi connectivity index (χ2n) is 5.61. The van der Waals surface area contributed by atoms with Gasteiger partial charge in [0, 0.05) is 23.0 Å². The van der Waals surface area contributed by atoms with Crippen LogP contribution in [-0.4, -0.2) is 27.4 Å². The van der Waals surface area contributed by atoms with E-state index >= 15 is 0 Å². The highest BCUT2D eigenvalue weighted by atomic mass is 16.5. The van der Waals surface area contributed by atoms with Gasteiger partial charge in [0.2, 0.25) is 5.75 Å². The highest BCUT2D eigenvalue weighted by Gasteiger charge is 2.19. The lowest BCUT2D eigenvalue weighted by Gasteiger charge is -1.97. The molecule has 4 N–H and O–H groups in total. The molecule has 2 heterocycles. The zero-order valence-electron chi connectivity index (χ0n) is 12.8. The Bertz CT molecular complexity index is 1060. The van der Waals surface area contributed by atoms with Crippen molar-refractivity contribution >= 4 is 21.9 Å². The molecule has 0 amide bonds. The van der Waals surface area contributed by atoms with Crippen LogP contribution < -0.4 is 4.74 Å². The summed E-state index contributed by atoms with van der Waals surface area (Å²) < 4.78 is 10.8. The second kappa shape index (κ2) is 5.13. The van der Waals surface area contributed by atoms with Crippen LogP contribution in [0.3, 0.4) is 0 Å². The number of ether oxygens (including phenoxy) is 1. The number of benzene rings is 2. The first-order valence-electron chi connectivity index (χ1n) is 7.37. The predicted molar refractivity (Wildman–Crippen MR) is 88.9 cm³/mol. The zero-order valence-corrected chi connectivity index (χ0v) is 12.8. The number of nitrogens with one attached hydrogen (secondary N) is 1. The molecule has 0 bridgehead atoms. The summed E-state index contributed by atoms with van der Waals surface area (Å²) in [4.78, 5) is 3.25. The molecule has 0 unspecified atom stereocenters. The molecule has 6 heteroatoms. The minimum absolute atomic E-state index is 0.0449. The highest BCUT2D eigenvalue weighted by Crippen LogP contribution is 2.41. The van der Waals surface area contributed by atoms with Gasteiger partial charge in [-0.1, -0.05) is 0 Å². The monoisotopic (exact) mass is 325 g/mol. The van der Waals surface area contributed by atoms with Crippen LogP contribution in [0.5, 0.6) is 23.0 Å². The number of aromatic nitrogens is 1. The van der Waals surface area contributed by atoms with Crippen molar-refractivity contribution < 1.29 is 24.5 Å². The molecule has 4 rings (SSSR count). The van der Waals surface area contributed by atoms with Gasteiger partial charge in [0.25, 0.3) is 0 Å². The van der Waals surface area contributed by atoms with E-state index < -0.39 is 0 Å². The SMILES string of the molecule is COc1ccc2[nH]c(Cc3oc4c(O)c(O)ccc4c3O)cc2c1. The molecular weight excluding hydrogens is 310 g/mol. The van der Waals surface area contributed by atoms with Crippen molar-refractivity contribution in [3.05, 3.63) is 47.9 Å². The molecule has 2 aromatic carbocycles. The molecule has 6 nitrogen and oxygen atoms in total. The molecular formula is C18H15NO5. The molecule has 0 atom stereocenters. The van der Waals surface area contributed by atoms with Gasteiger partial charge in [-0.2, -0.15) is 0 Å². The van der Waals surface area contributed by atoms with Crippen molar-refractivity contribution in [2.24, 2.45) is 0 Å². The van der Waals surface area contributed by atoms with E-state index in [1.807, 2.05) is 24.3 Å². The molecule has 0 aliphatic heterocycles. The summed E-state index contributed by atoms with van der Waals surface area (Å²) in [6, 6.07) is 10.5. The second-order valence-corrected chi connectivity index (χ2v) is 5.61. The van der Waals surface area contributed by atoms with Gasteiger partial charge in [0.15, 0.2) is 22.8 Å². The first-order chi connectivity index (χ1) is 11.6. The minimum Gasteiger partial charge on any atom is -0.504 e. The number of aromatic hydroxyl groups is 3. The lowest BCUT2D eigenvalue weighted by molar-refractivity contribution is 0.397. The van der Waals surface area contributed by atoms with Crippen LogP contribution in [0.2, 0.25) is 0 Å².